The number of aromatic nitrogens is 1. The molecule has 2 unspecified atom stereocenters. The molecule has 1 saturated carbocycles. The summed E-state index contributed by atoms with van der Waals surface area (Å²) in [4.78, 5) is 4.41. The van der Waals surface area contributed by atoms with Crippen molar-refractivity contribution in [1.29, 1.82) is 0 Å². The lowest BCUT2D eigenvalue weighted by molar-refractivity contribution is 0.0194. The Bertz CT molecular complexity index is 397. The first-order chi connectivity index (χ1) is 8.71. The van der Waals surface area contributed by atoms with E-state index < -0.39 is 0 Å². The molecule has 3 nitrogen and oxygen atoms in total. The molecular formula is C14H20ClNO2. The summed E-state index contributed by atoms with van der Waals surface area (Å²) in [5.74, 6) is 1.18. The molecule has 0 aliphatic heterocycles. The average molecular weight is 270 g/mol. The van der Waals surface area contributed by atoms with Crippen molar-refractivity contribution in [1.82, 2.24) is 4.98 Å². The normalized spacial score (nSPS) is 23.9. The predicted octanol–water partition coefficient (Wildman–Crippen LogP) is 3.47. The van der Waals surface area contributed by atoms with Gasteiger partial charge in [-0.25, -0.2) is 4.98 Å². The summed E-state index contributed by atoms with van der Waals surface area (Å²) in [7, 11) is 1.77. The van der Waals surface area contributed by atoms with E-state index in [1.54, 1.807) is 7.11 Å². The van der Waals surface area contributed by atoms with Gasteiger partial charge in [0.2, 0.25) is 5.88 Å². The van der Waals surface area contributed by atoms with Crippen molar-refractivity contribution in [2.24, 2.45) is 0 Å². The van der Waals surface area contributed by atoms with Gasteiger partial charge in [0.15, 0.2) is 0 Å². The van der Waals surface area contributed by atoms with Crippen molar-refractivity contribution in [3.63, 3.8) is 0 Å². The summed E-state index contributed by atoms with van der Waals surface area (Å²) in [5.41, 5.74) is 2.00. The Hall–Kier alpha value is -0.800. The number of pyridine rings is 1. The second kappa shape index (κ2) is 6.39. The van der Waals surface area contributed by atoms with Gasteiger partial charge in [-0.15, -0.1) is 11.6 Å². The van der Waals surface area contributed by atoms with Crippen molar-refractivity contribution in [3.8, 4) is 5.88 Å². The summed E-state index contributed by atoms with van der Waals surface area (Å²) >= 11 is 5.86. The zero-order valence-electron chi connectivity index (χ0n) is 11.0. The van der Waals surface area contributed by atoms with E-state index >= 15 is 0 Å². The quantitative estimate of drug-likeness (QED) is 0.785. The molecule has 1 aromatic rings. The van der Waals surface area contributed by atoms with Crippen LogP contribution in [0.4, 0.5) is 0 Å². The first kappa shape index (κ1) is 13.6. The summed E-state index contributed by atoms with van der Waals surface area (Å²) in [5, 5.41) is 0. The van der Waals surface area contributed by atoms with Gasteiger partial charge in [-0.2, -0.15) is 0 Å². The fourth-order valence-corrected chi connectivity index (χ4v) is 2.59. The first-order valence-electron chi connectivity index (χ1n) is 6.44. The minimum Gasteiger partial charge on any atom is -0.474 e. The molecule has 0 spiro atoms. The van der Waals surface area contributed by atoms with E-state index in [0.29, 0.717) is 17.9 Å². The lowest BCUT2D eigenvalue weighted by atomic mass is 9.95. The molecular weight excluding hydrogens is 250 g/mol. The van der Waals surface area contributed by atoms with Crippen molar-refractivity contribution in [2.45, 2.75) is 50.7 Å². The monoisotopic (exact) mass is 269 g/mol. The molecule has 0 radical (unpaired) electrons. The van der Waals surface area contributed by atoms with Crippen LogP contribution in [0.25, 0.3) is 0 Å². The number of methoxy groups -OCH3 is 1. The van der Waals surface area contributed by atoms with E-state index in [4.69, 9.17) is 21.1 Å². The third kappa shape index (κ3) is 3.59. The molecule has 100 valence electrons. The number of rotatable bonds is 4. The molecule has 2 atom stereocenters. The van der Waals surface area contributed by atoms with E-state index in [0.717, 1.165) is 36.9 Å². The Morgan fingerprint density at radius 2 is 2.11 bits per heavy atom. The lowest BCUT2D eigenvalue weighted by Gasteiger charge is -2.28. The topological polar surface area (TPSA) is 31.4 Å². The maximum Gasteiger partial charge on any atom is 0.214 e. The van der Waals surface area contributed by atoms with Crippen molar-refractivity contribution in [2.75, 3.05) is 7.11 Å². The van der Waals surface area contributed by atoms with Gasteiger partial charge in [-0.1, -0.05) is 0 Å². The molecule has 1 fully saturated rings. The summed E-state index contributed by atoms with van der Waals surface area (Å²) in [6.07, 6.45) is 4.83. The highest BCUT2D eigenvalue weighted by Crippen LogP contribution is 2.25. The van der Waals surface area contributed by atoms with E-state index in [1.165, 1.54) is 0 Å². The van der Waals surface area contributed by atoms with Crippen molar-refractivity contribution >= 4 is 11.6 Å². The maximum atomic E-state index is 5.96. The van der Waals surface area contributed by atoms with Gasteiger partial charge in [0.05, 0.1) is 6.10 Å². The van der Waals surface area contributed by atoms with Gasteiger partial charge in [-0.05, 0) is 37.8 Å². The van der Waals surface area contributed by atoms with Crippen LogP contribution in [0.1, 0.15) is 36.9 Å². The Kier molecular flexibility index (Phi) is 4.84. The summed E-state index contributed by atoms with van der Waals surface area (Å²) in [6.45, 7) is 1.96. The first-order valence-corrected chi connectivity index (χ1v) is 6.97. The van der Waals surface area contributed by atoms with Gasteiger partial charge in [0.25, 0.3) is 0 Å². The number of alkyl halides is 1. The van der Waals surface area contributed by atoms with Crippen LogP contribution < -0.4 is 4.74 Å². The second-order valence-corrected chi connectivity index (χ2v) is 5.12. The number of nitrogens with zero attached hydrogens (tertiary/aromatic N) is 1. The van der Waals surface area contributed by atoms with Crippen LogP contribution in [-0.4, -0.2) is 24.3 Å². The predicted molar refractivity (Wildman–Crippen MR) is 72.2 cm³/mol. The Morgan fingerprint density at radius 1 is 1.33 bits per heavy atom. The van der Waals surface area contributed by atoms with Gasteiger partial charge in [-0.3, -0.25) is 0 Å². The van der Waals surface area contributed by atoms with Crippen LogP contribution in [0.5, 0.6) is 5.88 Å². The van der Waals surface area contributed by atoms with Crippen LogP contribution in [0.2, 0.25) is 0 Å². The van der Waals surface area contributed by atoms with Gasteiger partial charge in [0.1, 0.15) is 6.10 Å². The molecule has 18 heavy (non-hydrogen) atoms. The smallest absolute Gasteiger partial charge is 0.214 e. The average Bonchev–Trinajstić information content (AvgIpc) is 2.38. The van der Waals surface area contributed by atoms with E-state index in [9.17, 15) is 0 Å². The Labute approximate surface area is 113 Å². The molecule has 0 bridgehead atoms. The SMILES string of the molecule is COC1CCCC(Oc2cc(CCl)cc(C)n2)C1. The van der Waals surface area contributed by atoms with Crippen LogP contribution in [0.3, 0.4) is 0 Å². The minimum atomic E-state index is 0.209. The van der Waals surface area contributed by atoms with E-state index in [-0.39, 0.29) is 6.10 Å². The van der Waals surface area contributed by atoms with Crippen LogP contribution >= 0.6 is 11.6 Å². The molecule has 1 aromatic heterocycles. The molecule has 1 aliphatic rings. The largest absolute Gasteiger partial charge is 0.474 e. The van der Waals surface area contributed by atoms with Crippen molar-refractivity contribution in [3.05, 3.63) is 23.4 Å². The van der Waals surface area contributed by atoms with Crippen LogP contribution in [0.15, 0.2) is 12.1 Å². The third-order valence-electron chi connectivity index (χ3n) is 3.34. The molecule has 2 rings (SSSR count). The minimum absolute atomic E-state index is 0.209. The summed E-state index contributed by atoms with van der Waals surface area (Å²) < 4.78 is 11.4. The van der Waals surface area contributed by atoms with E-state index in [2.05, 4.69) is 4.98 Å². The Balaban J connectivity index is 2.02. The fraction of sp³-hybridized carbons (Fsp3) is 0.643. The maximum absolute atomic E-state index is 5.96. The summed E-state index contributed by atoms with van der Waals surface area (Å²) in [6, 6.07) is 3.91. The third-order valence-corrected chi connectivity index (χ3v) is 3.65. The molecule has 1 heterocycles. The molecule has 4 heteroatoms. The standard InChI is InChI=1S/C14H20ClNO2/c1-10-6-11(9-15)7-14(16-10)18-13-5-3-4-12(8-13)17-2/h6-7,12-13H,3-5,8-9H2,1-2H3. The lowest BCUT2D eigenvalue weighted by Crippen LogP contribution is -2.29. The number of hydrogen-bond acceptors (Lipinski definition) is 3. The highest BCUT2D eigenvalue weighted by molar-refractivity contribution is 6.17. The van der Waals surface area contributed by atoms with Gasteiger partial charge in [0, 0.05) is 31.2 Å². The molecule has 0 amide bonds. The van der Waals surface area contributed by atoms with Crippen LogP contribution in [0, 0.1) is 6.92 Å². The Morgan fingerprint density at radius 3 is 2.83 bits per heavy atom. The van der Waals surface area contributed by atoms with Crippen molar-refractivity contribution < 1.29 is 9.47 Å². The number of hydrogen-bond donors (Lipinski definition) is 0. The van der Waals surface area contributed by atoms with Gasteiger partial charge >= 0.3 is 0 Å². The molecule has 0 N–H and O–H groups in total. The second-order valence-electron chi connectivity index (χ2n) is 4.85. The zero-order chi connectivity index (χ0) is 13.0. The highest BCUT2D eigenvalue weighted by atomic mass is 35.5. The van der Waals surface area contributed by atoms with Gasteiger partial charge < -0.3 is 9.47 Å². The number of halogens is 1. The molecule has 1 aliphatic carbocycles. The fourth-order valence-electron chi connectivity index (χ4n) is 2.44. The molecule has 0 aromatic carbocycles. The zero-order valence-corrected chi connectivity index (χ0v) is 11.7. The van der Waals surface area contributed by atoms with Crippen LogP contribution in [-0.2, 0) is 10.6 Å². The highest BCUT2D eigenvalue weighted by Gasteiger charge is 2.23. The molecule has 0 saturated heterocycles. The number of aryl methyl sites for hydroxylation is 1. The van der Waals surface area contributed by atoms with E-state index in [1.807, 2.05) is 19.1 Å². The number of ether oxygens (including phenoxy) is 2.